The number of hydrogen-bond donors (Lipinski definition) is 1. The summed E-state index contributed by atoms with van der Waals surface area (Å²) in [5.74, 6) is 0. The second kappa shape index (κ2) is 3.82. The first-order valence-corrected chi connectivity index (χ1v) is 7.94. The lowest BCUT2D eigenvalue weighted by Crippen LogP contribution is -2.60. The van der Waals surface area contributed by atoms with Gasteiger partial charge in [-0.3, -0.25) is 0 Å². The number of hydrazone groups is 1. The number of sulfonamides is 1. The van der Waals surface area contributed by atoms with Gasteiger partial charge in [-0.25, -0.2) is 4.83 Å². The molecule has 0 saturated heterocycles. The van der Waals surface area contributed by atoms with Crippen LogP contribution in [0, 0.1) is 17.8 Å². The number of aryl methyl sites for hydroxylation is 1. The zero-order valence-electron chi connectivity index (χ0n) is 11.2. The van der Waals surface area contributed by atoms with Crippen LogP contribution in [-0.4, -0.2) is 14.6 Å². The summed E-state index contributed by atoms with van der Waals surface area (Å²) in [7, 11) is -3.53. The summed E-state index contributed by atoms with van der Waals surface area (Å²) in [5.41, 5.74) is 1.71. The van der Waals surface area contributed by atoms with Crippen molar-refractivity contribution in [1.82, 2.24) is 4.83 Å². The van der Waals surface area contributed by atoms with Gasteiger partial charge < -0.3 is 0 Å². The highest BCUT2D eigenvalue weighted by atomic mass is 32.2. The summed E-state index contributed by atoms with van der Waals surface area (Å²) in [6.45, 7) is 4.18. The van der Waals surface area contributed by atoms with Gasteiger partial charge in [-0.05, 0) is 43.7 Å². The predicted molar refractivity (Wildman–Crippen MR) is 74.4 cm³/mol. The monoisotopic (exact) mass is 278 g/mol. The van der Waals surface area contributed by atoms with Crippen LogP contribution in [0.25, 0.3) is 0 Å². The average Bonchev–Trinajstić information content (AvgIpc) is 2.25. The van der Waals surface area contributed by atoms with E-state index in [0.717, 1.165) is 24.8 Å². The zero-order valence-corrected chi connectivity index (χ0v) is 12.0. The van der Waals surface area contributed by atoms with Crippen molar-refractivity contribution in [2.24, 2.45) is 15.9 Å². The van der Waals surface area contributed by atoms with Crippen LogP contribution in [0.2, 0.25) is 0 Å². The average molecular weight is 278 g/mol. The molecular weight excluding hydrogens is 260 g/mol. The quantitative estimate of drug-likeness (QED) is 0.679. The normalized spacial score (nSPS) is 32.7. The first-order chi connectivity index (χ1) is 8.83. The van der Waals surface area contributed by atoms with Gasteiger partial charge >= 0.3 is 0 Å². The third-order valence-electron chi connectivity index (χ3n) is 4.18. The van der Waals surface area contributed by atoms with E-state index in [1.807, 2.05) is 6.92 Å². The molecule has 0 heterocycles. The van der Waals surface area contributed by atoms with Crippen molar-refractivity contribution in [1.29, 1.82) is 0 Å². The maximum atomic E-state index is 12.0. The van der Waals surface area contributed by atoms with E-state index < -0.39 is 10.0 Å². The predicted octanol–water partition coefficient (Wildman–Crippen LogP) is 2.45. The molecule has 3 fully saturated rings. The van der Waals surface area contributed by atoms with Gasteiger partial charge in [0.15, 0.2) is 0 Å². The number of rotatable bonds is 4. The molecule has 0 aromatic heterocycles. The Morgan fingerprint density at radius 1 is 1.21 bits per heavy atom. The van der Waals surface area contributed by atoms with E-state index in [-0.39, 0.29) is 10.3 Å². The fourth-order valence-corrected chi connectivity index (χ4v) is 4.33. The standard InChI is InChI=1S/C14H18N2O2S/c1-11-3-5-12(6-4-11)19(17,18)16-15-10-14-7-13(2,8-14)9-14/h3-6,10,16H,7-9H2,1-2H3. The fraction of sp³-hybridized carbons (Fsp3) is 0.500. The van der Waals surface area contributed by atoms with Crippen LogP contribution in [0.4, 0.5) is 0 Å². The Bertz CT molecular complexity index is 612. The van der Waals surface area contributed by atoms with Crippen molar-refractivity contribution in [3.63, 3.8) is 0 Å². The van der Waals surface area contributed by atoms with Crippen molar-refractivity contribution >= 4 is 16.2 Å². The molecule has 102 valence electrons. The highest BCUT2D eigenvalue weighted by molar-refractivity contribution is 7.89. The molecule has 2 bridgehead atoms. The molecule has 4 nitrogen and oxygen atoms in total. The van der Waals surface area contributed by atoms with Crippen molar-refractivity contribution in [2.75, 3.05) is 0 Å². The molecule has 5 heteroatoms. The summed E-state index contributed by atoms with van der Waals surface area (Å²) in [6.07, 6.45) is 5.19. The summed E-state index contributed by atoms with van der Waals surface area (Å²) in [4.78, 5) is 2.55. The minimum absolute atomic E-state index is 0.171. The summed E-state index contributed by atoms with van der Waals surface area (Å²) >= 11 is 0. The molecule has 0 amide bonds. The number of nitrogens with one attached hydrogen (secondary N) is 1. The van der Waals surface area contributed by atoms with Crippen LogP contribution >= 0.6 is 0 Å². The number of nitrogens with zero attached hydrogens (tertiary/aromatic N) is 1. The number of benzene rings is 1. The Kier molecular flexibility index (Phi) is 2.55. The lowest BCUT2D eigenvalue weighted by atomic mass is 9.36. The van der Waals surface area contributed by atoms with E-state index in [1.54, 1.807) is 30.5 Å². The molecule has 0 atom stereocenters. The SMILES string of the molecule is Cc1ccc(S(=O)(=O)NN=CC23CC(C)(C2)C3)cc1. The molecule has 0 unspecified atom stereocenters. The van der Waals surface area contributed by atoms with Gasteiger partial charge in [0, 0.05) is 11.6 Å². The second-order valence-corrected chi connectivity index (χ2v) is 8.03. The van der Waals surface area contributed by atoms with E-state index in [4.69, 9.17) is 0 Å². The smallest absolute Gasteiger partial charge is 0.200 e. The third kappa shape index (κ3) is 2.16. The van der Waals surface area contributed by atoms with Crippen LogP contribution in [0.3, 0.4) is 0 Å². The third-order valence-corrected chi connectivity index (χ3v) is 5.42. The fourth-order valence-electron chi connectivity index (χ4n) is 3.53. The van der Waals surface area contributed by atoms with Gasteiger partial charge in [0.05, 0.1) is 4.90 Å². The second-order valence-electron chi connectivity index (χ2n) is 6.37. The van der Waals surface area contributed by atoms with E-state index >= 15 is 0 Å². The highest BCUT2D eigenvalue weighted by Crippen LogP contribution is 2.72. The first kappa shape index (κ1) is 12.7. The Hall–Kier alpha value is -1.36. The van der Waals surface area contributed by atoms with Crippen molar-refractivity contribution in [3.05, 3.63) is 29.8 Å². The minimum Gasteiger partial charge on any atom is -0.200 e. The molecule has 0 aliphatic heterocycles. The molecule has 3 aliphatic rings. The Labute approximate surface area is 114 Å². The molecule has 19 heavy (non-hydrogen) atoms. The Balaban J connectivity index is 1.66. The molecule has 0 radical (unpaired) electrons. The summed E-state index contributed by atoms with van der Waals surface area (Å²) in [5, 5.41) is 3.94. The van der Waals surface area contributed by atoms with Gasteiger partial charge in [-0.15, -0.1) is 0 Å². The topological polar surface area (TPSA) is 58.5 Å². The summed E-state index contributed by atoms with van der Waals surface area (Å²) < 4.78 is 24.0. The lowest BCUT2D eigenvalue weighted by Gasteiger charge is -2.68. The van der Waals surface area contributed by atoms with Gasteiger partial charge in [0.25, 0.3) is 10.0 Å². The van der Waals surface area contributed by atoms with Crippen LogP contribution in [0.5, 0.6) is 0 Å². The van der Waals surface area contributed by atoms with Crippen molar-refractivity contribution < 1.29 is 8.42 Å². The molecular formula is C14H18N2O2S. The van der Waals surface area contributed by atoms with Crippen LogP contribution in [-0.2, 0) is 10.0 Å². The van der Waals surface area contributed by atoms with Crippen LogP contribution in [0.1, 0.15) is 31.7 Å². The Morgan fingerprint density at radius 3 is 2.32 bits per heavy atom. The largest absolute Gasteiger partial charge is 0.276 e. The molecule has 4 rings (SSSR count). The van der Waals surface area contributed by atoms with Gasteiger partial charge in [-0.1, -0.05) is 24.6 Å². The van der Waals surface area contributed by atoms with E-state index in [0.29, 0.717) is 5.41 Å². The van der Waals surface area contributed by atoms with Gasteiger partial charge in [-0.2, -0.15) is 13.5 Å². The van der Waals surface area contributed by atoms with Crippen molar-refractivity contribution in [3.8, 4) is 0 Å². The summed E-state index contributed by atoms with van der Waals surface area (Å²) in [6, 6.07) is 6.74. The van der Waals surface area contributed by atoms with E-state index in [2.05, 4.69) is 16.9 Å². The van der Waals surface area contributed by atoms with E-state index in [1.165, 1.54) is 0 Å². The molecule has 0 spiro atoms. The van der Waals surface area contributed by atoms with Gasteiger partial charge in [0.2, 0.25) is 0 Å². The molecule has 1 aromatic carbocycles. The maximum absolute atomic E-state index is 12.0. The van der Waals surface area contributed by atoms with Gasteiger partial charge in [0.1, 0.15) is 0 Å². The highest BCUT2D eigenvalue weighted by Gasteiger charge is 2.64. The molecule has 1 aromatic rings. The maximum Gasteiger partial charge on any atom is 0.276 e. The molecule has 3 saturated carbocycles. The van der Waals surface area contributed by atoms with Crippen molar-refractivity contribution in [2.45, 2.75) is 38.0 Å². The zero-order chi connectivity index (χ0) is 13.7. The first-order valence-electron chi connectivity index (χ1n) is 6.45. The number of hydrogen-bond acceptors (Lipinski definition) is 3. The minimum atomic E-state index is -3.53. The molecule has 3 aliphatic carbocycles. The molecule has 1 N–H and O–H groups in total. The van der Waals surface area contributed by atoms with Crippen LogP contribution in [0.15, 0.2) is 34.3 Å². The Morgan fingerprint density at radius 2 is 1.79 bits per heavy atom. The van der Waals surface area contributed by atoms with E-state index in [9.17, 15) is 8.42 Å². The van der Waals surface area contributed by atoms with Crippen LogP contribution < -0.4 is 4.83 Å². The lowest BCUT2D eigenvalue weighted by molar-refractivity contribution is -0.134.